The minimum absolute atomic E-state index is 0.0443. The SMILES string of the molecule is CNCCOc1c(OCCCCC(C=NCCCNC(=O)c2cc(OCCCS(=O)(=O)O)c(OCCCS(=O)(=O)O)c(OCCCS(=O)(=O)O)c2)=NN)cc(C(C)=O)cc1OCCCC/C(=C/NCCCNC(=O)c1cc(OCCCS(=O)(=O)O)c(OCCCS(=O)(=O)O)c(OCCCS(=O)(=O)O)c1)NN. The molecule has 3 rings (SSSR count). The summed E-state index contributed by atoms with van der Waals surface area (Å²) in [7, 11) is -24.5. The number of hydrazone groups is 1. The molecule has 0 aromatic heterocycles. The van der Waals surface area contributed by atoms with Crippen LogP contribution in [0.4, 0.5) is 0 Å². The molecule has 39 nitrogen and oxygen atoms in total. The lowest BCUT2D eigenvalue weighted by Gasteiger charge is -2.19. The number of unbranched alkanes of at least 4 members (excludes halogenated alkanes) is 2. The lowest BCUT2D eigenvalue weighted by atomic mass is 10.1. The van der Waals surface area contributed by atoms with Crippen LogP contribution in [0.2, 0.25) is 0 Å². The van der Waals surface area contributed by atoms with E-state index in [0.717, 1.165) is 0 Å². The van der Waals surface area contributed by atoms with Crippen LogP contribution in [-0.2, 0) is 60.7 Å². The maximum Gasteiger partial charge on any atom is 0.264 e. The number of hydrogen-bond donors (Lipinski definition) is 13. The number of rotatable bonds is 60. The van der Waals surface area contributed by atoms with Gasteiger partial charge in [0.1, 0.15) is 6.61 Å². The lowest BCUT2D eigenvalue weighted by Crippen LogP contribution is -2.27. The highest BCUT2D eigenvalue weighted by Crippen LogP contribution is 2.42. The first-order chi connectivity index (χ1) is 49.9. The summed E-state index contributed by atoms with van der Waals surface area (Å²) in [5.41, 5.74) is 3.96. The van der Waals surface area contributed by atoms with Gasteiger partial charge < -0.3 is 75.2 Å². The zero-order valence-corrected chi connectivity index (χ0v) is 63.5. The number of hydrogen-bond acceptors (Lipinski definition) is 31. The molecular weight excluding hydrogens is 1530 g/mol. The summed E-state index contributed by atoms with van der Waals surface area (Å²) in [4.78, 5) is 44.1. The van der Waals surface area contributed by atoms with E-state index in [0.29, 0.717) is 81.4 Å². The Morgan fingerprint density at radius 2 is 0.736 bits per heavy atom. The molecule has 0 unspecified atom stereocenters. The topological polar surface area (TPSA) is 597 Å². The molecule has 602 valence electrons. The Bertz CT molecular complexity index is 3970. The molecule has 3 aromatic carbocycles. The van der Waals surface area contributed by atoms with Crippen LogP contribution in [0.1, 0.15) is 128 Å². The van der Waals surface area contributed by atoms with Crippen molar-refractivity contribution in [3.63, 3.8) is 0 Å². The second-order valence-electron chi connectivity index (χ2n) is 23.1. The van der Waals surface area contributed by atoms with E-state index in [-0.39, 0.29) is 186 Å². The highest BCUT2D eigenvalue weighted by atomic mass is 32.2. The fraction of sp³-hybridized carbons (Fsp3) is 0.590. The van der Waals surface area contributed by atoms with Crippen molar-refractivity contribution < 1.29 is 135 Å². The first kappa shape index (κ1) is 92.5. The second kappa shape index (κ2) is 47.9. The van der Waals surface area contributed by atoms with E-state index in [9.17, 15) is 87.7 Å². The zero-order valence-electron chi connectivity index (χ0n) is 58.6. The largest absolute Gasteiger partial charge is 0.490 e. The van der Waals surface area contributed by atoms with Crippen molar-refractivity contribution in [2.75, 3.05) is 134 Å². The van der Waals surface area contributed by atoms with Gasteiger partial charge in [-0.3, -0.25) is 52.5 Å². The molecule has 0 aliphatic heterocycles. The molecule has 0 saturated heterocycles. The van der Waals surface area contributed by atoms with Gasteiger partial charge in [0.05, 0.1) is 93.1 Å². The number of likely N-dealkylation sites (N-methyl/N-ethyl adjacent to an activating group) is 1. The number of carbonyl (C=O) groups excluding carboxylic acids is 3. The molecule has 3 aromatic rings. The normalized spacial score (nSPS) is 12.5. The van der Waals surface area contributed by atoms with Gasteiger partial charge in [-0.2, -0.15) is 55.6 Å². The number of ketones is 1. The average Bonchev–Trinajstić information content (AvgIpc) is 0.828. The Kier molecular flexibility index (Phi) is 41.8. The van der Waals surface area contributed by atoms with Gasteiger partial charge >= 0.3 is 0 Å². The van der Waals surface area contributed by atoms with Crippen molar-refractivity contribution in [1.29, 1.82) is 0 Å². The monoisotopic (exact) mass is 1630 g/mol. The van der Waals surface area contributed by atoms with Crippen LogP contribution in [0, 0.1) is 0 Å². The number of ether oxygens (including phenoxy) is 9. The van der Waals surface area contributed by atoms with E-state index in [2.05, 4.69) is 36.8 Å². The van der Waals surface area contributed by atoms with Crippen LogP contribution >= 0.6 is 0 Å². The van der Waals surface area contributed by atoms with Crippen LogP contribution in [0.25, 0.3) is 0 Å². The summed E-state index contributed by atoms with van der Waals surface area (Å²) in [6, 6.07) is 8.12. The van der Waals surface area contributed by atoms with Gasteiger partial charge in [-0.15, -0.1) is 0 Å². The van der Waals surface area contributed by atoms with Gasteiger partial charge in [-0.05, 0) is 140 Å². The van der Waals surface area contributed by atoms with Crippen molar-refractivity contribution in [3.05, 3.63) is 65.0 Å². The van der Waals surface area contributed by atoms with Crippen LogP contribution in [0.5, 0.6) is 51.7 Å². The summed E-state index contributed by atoms with van der Waals surface area (Å²) >= 11 is 0. The average molecular weight is 1630 g/mol. The summed E-state index contributed by atoms with van der Waals surface area (Å²) in [5.74, 6) is 5.78. The first-order valence-electron chi connectivity index (χ1n) is 33.2. The molecule has 2 amide bonds. The number of Topliss-reactive ketones (excluding diaryl/α,β-unsaturated/α-hetero) is 1. The maximum atomic E-state index is 13.5. The van der Waals surface area contributed by atoms with E-state index < -0.39 is 107 Å². The number of carbonyl (C=O) groups is 3. The highest BCUT2D eigenvalue weighted by molar-refractivity contribution is 7.86. The number of benzene rings is 3. The van der Waals surface area contributed by atoms with Gasteiger partial charge in [0.15, 0.2) is 40.3 Å². The molecule has 0 spiro atoms. The first-order valence-corrected chi connectivity index (χ1v) is 42.8. The third-order valence-corrected chi connectivity index (χ3v) is 18.8. The Morgan fingerprint density at radius 3 is 1.07 bits per heavy atom. The van der Waals surface area contributed by atoms with E-state index in [4.69, 9.17) is 58.9 Å². The molecule has 0 bridgehead atoms. The zero-order chi connectivity index (χ0) is 78.8. The molecule has 15 N–H and O–H groups in total. The van der Waals surface area contributed by atoms with Gasteiger partial charge in [0, 0.05) is 67.5 Å². The van der Waals surface area contributed by atoms with Crippen molar-refractivity contribution in [2.45, 2.75) is 96.8 Å². The number of hydrazine groups is 1. The number of allylic oxidation sites excluding steroid dienone is 1. The van der Waals surface area contributed by atoms with Crippen molar-refractivity contribution in [3.8, 4) is 51.7 Å². The van der Waals surface area contributed by atoms with Crippen LogP contribution in [0.3, 0.4) is 0 Å². The molecule has 0 fully saturated rings. The highest BCUT2D eigenvalue weighted by Gasteiger charge is 2.24. The predicted octanol–water partition coefficient (Wildman–Crippen LogP) is 2.45. The Morgan fingerprint density at radius 1 is 0.415 bits per heavy atom. The second-order valence-corrected chi connectivity index (χ2v) is 32.5. The van der Waals surface area contributed by atoms with Gasteiger partial charge in [0.25, 0.3) is 72.5 Å². The Labute approximate surface area is 617 Å². The number of nitrogens with two attached hydrogens (primary N) is 2. The van der Waals surface area contributed by atoms with Crippen LogP contribution < -0.4 is 81.0 Å². The lowest BCUT2D eigenvalue weighted by molar-refractivity contribution is 0.0944. The standard InChI is InChI=1S/C61H97N9O30S6/c1-45(71)46-37-51(92-22-5-3-15-49(69-62)43-65-17-7-19-67-60(72)47-39-53(94-24-9-31-101(74,75)76)57(98-28-13-35-105(86,87)88)54(40-47)95-25-10-32-102(77,78)79)59(100-30-21-64-2)52(38-46)93-23-6-4-16-50(70-63)44-66-18-8-20-68-61(73)48-41-55(96-26-11-33-103(80,81)82)58(99-29-14-36-106(89,90)91)56(42-48)97-27-12-34-104(83,84)85/h37-44,64-65,69H,3-36,62-63H2,1-2H3,(H,67,72)(H,68,73)(H,74,75,76)(H,77,78,79)(H,80,81,82)(H,83,84,85)(H,86,87,88)(H,89,90,91)/b49-43-,66-44?,70-50?. The third kappa shape index (κ3) is 42.6. The Hall–Kier alpha value is -7.67. The van der Waals surface area contributed by atoms with Gasteiger partial charge in [-0.1, -0.05) is 0 Å². The smallest absolute Gasteiger partial charge is 0.264 e. The number of aliphatic imine (C=N–C) groups is 1. The quantitative estimate of drug-likeness (QED) is 0.00964. The molecular formula is C61H97N9O30S6. The molecule has 0 atom stereocenters. The number of nitrogens with one attached hydrogen (secondary N) is 5. The molecule has 0 aliphatic rings. The van der Waals surface area contributed by atoms with Crippen LogP contribution in [0.15, 0.2) is 58.4 Å². The van der Waals surface area contributed by atoms with Gasteiger partial charge in [-0.25, -0.2) is 0 Å². The van der Waals surface area contributed by atoms with Crippen LogP contribution in [-0.4, -0.2) is 241 Å². The number of amides is 2. The minimum Gasteiger partial charge on any atom is -0.490 e. The van der Waals surface area contributed by atoms with E-state index in [1.54, 1.807) is 25.4 Å². The summed E-state index contributed by atoms with van der Waals surface area (Å²) in [5, 5.41) is 15.4. The summed E-state index contributed by atoms with van der Waals surface area (Å²) < 4.78 is 244. The predicted molar refractivity (Wildman–Crippen MR) is 389 cm³/mol. The fourth-order valence-electron chi connectivity index (χ4n) is 8.92. The molecule has 0 heterocycles. The van der Waals surface area contributed by atoms with Crippen molar-refractivity contribution in [2.24, 2.45) is 21.8 Å². The van der Waals surface area contributed by atoms with Crippen molar-refractivity contribution >= 4 is 90.2 Å². The molecule has 0 aliphatic carbocycles. The summed E-state index contributed by atoms with van der Waals surface area (Å²) in [6.45, 7) is 1.36. The summed E-state index contributed by atoms with van der Waals surface area (Å²) in [6.07, 6.45) is 5.69. The minimum atomic E-state index is -4.37. The van der Waals surface area contributed by atoms with E-state index in [1.807, 2.05) is 0 Å². The molecule has 106 heavy (non-hydrogen) atoms. The Balaban J connectivity index is 1.58. The van der Waals surface area contributed by atoms with Gasteiger partial charge in [0.2, 0.25) is 17.2 Å². The molecule has 0 saturated carbocycles. The van der Waals surface area contributed by atoms with E-state index >= 15 is 0 Å². The number of nitrogens with zero attached hydrogens (tertiary/aromatic N) is 2. The third-order valence-electron chi connectivity index (χ3n) is 14.0. The van der Waals surface area contributed by atoms with Crippen molar-refractivity contribution in [1.82, 2.24) is 26.7 Å². The fourth-order valence-corrected chi connectivity index (χ4v) is 11.8. The maximum absolute atomic E-state index is 13.5. The molecule has 45 heteroatoms. The molecule has 0 radical (unpaired) electrons. The van der Waals surface area contributed by atoms with E-state index in [1.165, 1.54) is 37.4 Å².